The van der Waals surface area contributed by atoms with Crippen LogP contribution >= 0.6 is 0 Å². The fourth-order valence-corrected chi connectivity index (χ4v) is 4.05. The van der Waals surface area contributed by atoms with Crippen LogP contribution < -0.4 is 5.32 Å². The zero-order chi connectivity index (χ0) is 14.5. The minimum absolute atomic E-state index is 0.256. The molecule has 1 saturated carbocycles. The molecule has 0 radical (unpaired) electrons. The van der Waals surface area contributed by atoms with Gasteiger partial charge in [0.05, 0.1) is 11.7 Å². The molecule has 1 aromatic rings. The molecule has 0 aromatic heterocycles. The van der Waals surface area contributed by atoms with Gasteiger partial charge in [0.15, 0.2) is 0 Å². The predicted molar refractivity (Wildman–Crippen MR) is 87.4 cm³/mol. The topological polar surface area (TPSA) is 21.3 Å². The highest BCUT2D eigenvalue weighted by atomic mass is 16.5. The maximum absolute atomic E-state index is 6.42. The summed E-state index contributed by atoms with van der Waals surface area (Å²) in [5.41, 5.74) is 3.15. The van der Waals surface area contributed by atoms with Crippen LogP contribution in [0.4, 0.5) is 0 Å². The Labute approximate surface area is 129 Å². The molecule has 2 heteroatoms. The number of aryl methyl sites for hydroxylation is 1. The first-order valence-corrected chi connectivity index (χ1v) is 8.77. The van der Waals surface area contributed by atoms with Crippen LogP contribution in [0.15, 0.2) is 24.3 Å². The molecule has 1 spiro atoms. The third-order valence-electron chi connectivity index (χ3n) is 5.29. The normalized spacial score (nSPS) is 24.5. The molecule has 1 aliphatic carbocycles. The minimum atomic E-state index is 0.256. The predicted octanol–water partition coefficient (Wildman–Crippen LogP) is 4.22. The molecule has 1 unspecified atom stereocenters. The van der Waals surface area contributed by atoms with E-state index in [-0.39, 0.29) is 5.60 Å². The zero-order valence-corrected chi connectivity index (χ0v) is 13.4. The Hall–Kier alpha value is -0.860. The van der Waals surface area contributed by atoms with Crippen LogP contribution in [0.2, 0.25) is 0 Å². The second kappa shape index (κ2) is 6.93. The minimum Gasteiger partial charge on any atom is -0.370 e. The van der Waals surface area contributed by atoms with Crippen LogP contribution in [-0.2, 0) is 17.7 Å². The molecule has 21 heavy (non-hydrogen) atoms. The quantitative estimate of drug-likeness (QED) is 0.875. The van der Waals surface area contributed by atoms with Crippen molar-refractivity contribution in [2.75, 3.05) is 6.54 Å². The van der Waals surface area contributed by atoms with Crippen molar-refractivity contribution >= 4 is 0 Å². The lowest BCUT2D eigenvalue weighted by molar-refractivity contribution is -0.0624. The van der Waals surface area contributed by atoms with Gasteiger partial charge in [0.25, 0.3) is 0 Å². The van der Waals surface area contributed by atoms with Gasteiger partial charge >= 0.3 is 0 Å². The molecule has 1 N–H and O–H groups in total. The molecule has 0 bridgehead atoms. The van der Waals surface area contributed by atoms with Crippen LogP contribution in [0.1, 0.15) is 63.0 Å². The van der Waals surface area contributed by atoms with Crippen molar-refractivity contribution in [3.05, 3.63) is 35.4 Å². The summed E-state index contributed by atoms with van der Waals surface area (Å²) in [6, 6.07) is 8.75. The average molecular weight is 287 g/mol. The van der Waals surface area contributed by atoms with Gasteiger partial charge in [-0.3, -0.25) is 0 Å². The molecule has 2 fully saturated rings. The SMILES string of the molecule is CCc1ccccc1CNCC1CCC2(CCCCC2)O1. The first kappa shape index (κ1) is 15.1. The number of hydrogen-bond acceptors (Lipinski definition) is 2. The van der Waals surface area contributed by atoms with E-state index in [1.54, 1.807) is 0 Å². The second-order valence-corrected chi connectivity index (χ2v) is 6.78. The van der Waals surface area contributed by atoms with Crippen LogP contribution in [0, 0.1) is 0 Å². The Morgan fingerprint density at radius 2 is 1.86 bits per heavy atom. The van der Waals surface area contributed by atoms with E-state index in [1.807, 2.05) is 0 Å². The highest BCUT2D eigenvalue weighted by molar-refractivity contribution is 5.26. The molecule has 1 saturated heterocycles. The Morgan fingerprint density at radius 3 is 2.62 bits per heavy atom. The molecule has 0 amide bonds. The Morgan fingerprint density at radius 1 is 1.10 bits per heavy atom. The third kappa shape index (κ3) is 3.67. The van der Waals surface area contributed by atoms with Crippen molar-refractivity contribution in [1.82, 2.24) is 5.32 Å². The third-order valence-corrected chi connectivity index (χ3v) is 5.29. The summed E-state index contributed by atoms with van der Waals surface area (Å²) in [6.07, 6.45) is 10.8. The van der Waals surface area contributed by atoms with Crippen molar-refractivity contribution in [1.29, 1.82) is 0 Å². The highest BCUT2D eigenvalue weighted by Crippen LogP contribution is 2.41. The van der Waals surface area contributed by atoms with E-state index < -0.39 is 0 Å². The smallest absolute Gasteiger partial charge is 0.0708 e. The lowest BCUT2D eigenvalue weighted by atomic mass is 9.83. The number of rotatable bonds is 5. The van der Waals surface area contributed by atoms with E-state index in [0.717, 1.165) is 19.5 Å². The fourth-order valence-electron chi connectivity index (χ4n) is 4.05. The average Bonchev–Trinajstić information content (AvgIpc) is 2.91. The van der Waals surface area contributed by atoms with Gasteiger partial charge < -0.3 is 10.1 Å². The lowest BCUT2D eigenvalue weighted by Crippen LogP contribution is -2.34. The van der Waals surface area contributed by atoms with E-state index in [2.05, 4.69) is 36.5 Å². The lowest BCUT2D eigenvalue weighted by Gasteiger charge is -2.33. The fraction of sp³-hybridized carbons (Fsp3) is 0.684. The van der Waals surface area contributed by atoms with Gasteiger partial charge in [-0.2, -0.15) is 0 Å². The molecule has 116 valence electrons. The summed E-state index contributed by atoms with van der Waals surface area (Å²) in [7, 11) is 0. The number of nitrogens with one attached hydrogen (secondary N) is 1. The molecule has 2 nitrogen and oxygen atoms in total. The number of ether oxygens (including phenoxy) is 1. The van der Waals surface area contributed by atoms with E-state index in [0.29, 0.717) is 6.10 Å². The summed E-state index contributed by atoms with van der Waals surface area (Å²) in [6.45, 7) is 4.20. The molecule has 2 aliphatic rings. The Bertz CT molecular complexity index is 451. The van der Waals surface area contributed by atoms with Crippen molar-refractivity contribution in [2.45, 2.75) is 76.5 Å². The van der Waals surface area contributed by atoms with Gasteiger partial charge in [0, 0.05) is 13.1 Å². The van der Waals surface area contributed by atoms with Gasteiger partial charge in [-0.15, -0.1) is 0 Å². The van der Waals surface area contributed by atoms with Gasteiger partial charge in [-0.1, -0.05) is 50.5 Å². The highest BCUT2D eigenvalue weighted by Gasteiger charge is 2.40. The van der Waals surface area contributed by atoms with Crippen LogP contribution in [0.3, 0.4) is 0 Å². The largest absolute Gasteiger partial charge is 0.370 e. The van der Waals surface area contributed by atoms with Crippen molar-refractivity contribution in [3.8, 4) is 0 Å². The second-order valence-electron chi connectivity index (χ2n) is 6.78. The summed E-state index contributed by atoms with van der Waals surface area (Å²) >= 11 is 0. The standard InChI is InChI=1S/C19H29NO/c1-2-16-8-4-5-9-17(16)14-20-15-18-10-13-19(21-18)11-6-3-7-12-19/h4-5,8-9,18,20H,2-3,6-7,10-15H2,1H3. The maximum Gasteiger partial charge on any atom is 0.0708 e. The molecule has 1 aromatic carbocycles. The van der Waals surface area contributed by atoms with Crippen LogP contribution in [0.5, 0.6) is 0 Å². The van der Waals surface area contributed by atoms with Gasteiger partial charge in [-0.05, 0) is 43.2 Å². The van der Waals surface area contributed by atoms with Crippen LogP contribution in [-0.4, -0.2) is 18.2 Å². The summed E-state index contributed by atoms with van der Waals surface area (Å²) < 4.78 is 6.42. The van der Waals surface area contributed by atoms with Crippen molar-refractivity contribution in [2.24, 2.45) is 0 Å². The number of benzene rings is 1. The Balaban J connectivity index is 1.46. The zero-order valence-electron chi connectivity index (χ0n) is 13.4. The van der Waals surface area contributed by atoms with E-state index in [9.17, 15) is 0 Å². The first-order chi connectivity index (χ1) is 10.3. The summed E-state index contributed by atoms with van der Waals surface area (Å²) in [5, 5.41) is 3.62. The molecular weight excluding hydrogens is 258 g/mol. The molecule has 3 rings (SSSR count). The molecular formula is C19H29NO. The maximum atomic E-state index is 6.42. The van der Waals surface area contributed by atoms with Crippen LogP contribution in [0.25, 0.3) is 0 Å². The molecule has 1 heterocycles. The van der Waals surface area contributed by atoms with Gasteiger partial charge in [-0.25, -0.2) is 0 Å². The Kier molecular flexibility index (Phi) is 4.97. The van der Waals surface area contributed by atoms with Crippen molar-refractivity contribution in [3.63, 3.8) is 0 Å². The van der Waals surface area contributed by atoms with Crippen molar-refractivity contribution < 1.29 is 4.74 Å². The van der Waals surface area contributed by atoms with E-state index >= 15 is 0 Å². The van der Waals surface area contributed by atoms with E-state index in [1.165, 1.54) is 56.1 Å². The number of hydrogen-bond donors (Lipinski definition) is 1. The van der Waals surface area contributed by atoms with Gasteiger partial charge in [0.1, 0.15) is 0 Å². The summed E-state index contributed by atoms with van der Waals surface area (Å²) in [4.78, 5) is 0. The molecule has 1 atom stereocenters. The van der Waals surface area contributed by atoms with Gasteiger partial charge in [0.2, 0.25) is 0 Å². The molecule has 1 aliphatic heterocycles. The monoisotopic (exact) mass is 287 g/mol. The van der Waals surface area contributed by atoms with E-state index in [4.69, 9.17) is 4.74 Å². The summed E-state index contributed by atoms with van der Waals surface area (Å²) in [5.74, 6) is 0. The first-order valence-electron chi connectivity index (χ1n) is 8.77.